The Labute approximate surface area is 142 Å². The first kappa shape index (κ1) is 14.5. The van der Waals surface area contributed by atoms with Gasteiger partial charge in [-0.3, -0.25) is 0 Å². The van der Waals surface area contributed by atoms with E-state index in [0.717, 1.165) is 10.0 Å². The van der Waals surface area contributed by atoms with Crippen LogP contribution in [0.15, 0.2) is 40.9 Å². The normalized spacial score (nSPS) is 15.8. The lowest BCUT2D eigenvalue weighted by Crippen LogP contribution is -2.14. The maximum Gasteiger partial charge on any atom is 0.0563 e. The third-order valence-electron chi connectivity index (χ3n) is 4.02. The van der Waals surface area contributed by atoms with Crippen LogP contribution < -0.4 is 5.73 Å². The smallest absolute Gasteiger partial charge is 0.0563 e. The first-order chi connectivity index (χ1) is 9.65. The summed E-state index contributed by atoms with van der Waals surface area (Å²) < 4.78 is 2.30. The molecule has 0 saturated heterocycles. The molecule has 0 amide bonds. The van der Waals surface area contributed by atoms with Crippen LogP contribution >= 0.6 is 38.5 Å². The van der Waals surface area contributed by atoms with Crippen molar-refractivity contribution < 1.29 is 0 Å². The Morgan fingerprint density at radius 3 is 2.55 bits per heavy atom. The first-order valence-corrected chi connectivity index (χ1v) is 8.84. The highest BCUT2D eigenvalue weighted by Gasteiger charge is 2.16. The van der Waals surface area contributed by atoms with E-state index in [1.165, 1.54) is 45.9 Å². The average Bonchev–Trinajstić information content (AvgIpc) is 2.48. The van der Waals surface area contributed by atoms with Gasteiger partial charge in [-0.15, -0.1) is 0 Å². The molecule has 0 spiro atoms. The lowest BCUT2D eigenvalue weighted by atomic mass is 9.88. The van der Waals surface area contributed by atoms with E-state index in [1.807, 2.05) is 0 Å². The van der Waals surface area contributed by atoms with Crippen molar-refractivity contribution in [2.45, 2.75) is 31.7 Å². The quantitative estimate of drug-likeness (QED) is 0.653. The van der Waals surface area contributed by atoms with Gasteiger partial charge >= 0.3 is 0 Å². The maximum absolute atomic E-state index is 6.49. The second kappa shape index (κ2) is 6.16. The molecule has 0 fully saturated rings. The molecule has 20 heavy (non-hydrogen) atoms. The Balaban J connectivity index is 1.97. The van der Waals surface area contributed by atoms with Gasteiger partial charge in [0.25, 0.3) is 0 Å². The molecule has 3 rings (SSSR count). The molecule has 2 aromatic carbocycles. The number of aryl methyl sites for hydroxylation is 2. The van der Waals surface area contributed by atoms with Crippen molar-refractivity contribution in [3.63, 3.8) is 0 Å². The third-order valence-corrected chi connectivity index (χ3v) is 5.42. The largest absolute Gasteiger partial charge is 0.320 e. The molecule has 2 N–H and O–H groups in total. The van der Waals surface area contributed by atoms with Crippen LogP contribution in [-0.4, -0.2) is 0 Å². The predicted octanol–water partition coefficient (Wildman–Crippen LogP) is 4.98. The van der Waals surface area contributed by atoms with Gasteiger partial charge in [0.2, 0.25) is 0 Å². The Hall–Kier alpha value is -0.390. The number of benzene rings is 2. The zero-order valence-corrected chi connectivity index (χ0v) is 14.9. The standard InChI is InChI=1S/C17H17BrIN/c18-16-8-7-14(19)10-15(16)17(20)13-6-5-11-3-1-2-4-12(11)9-13/h5-10,17H,1-4,20H2. The highest BCUT2D eigenvalue weighted by molar-refractivity contribution is 14.1. The molecule has 0 radical (unpaired) electrons. The number of rotatable bonds is 2. The number of fused-ring (bicyclic) bond motifs is 1. The fourth-order valence-electron chi connectivity index (χ4n) is 2.88. The summed E-state index contributed by atoms with van der Waals surface area (Å²) in [4.78, 5) is 0. The molecule has 3 heteroatoms. The van der Waals surface area contributed by atoms with Crippen LogP contribution in [0.2, 0.25) is 0 Å². The summed E-state index contributed by atoms with van der Waals surface area (Å²) in [5.41, 5.74) is 11.9. The zero-order chi connectivity index (χ0) is 14.1. The van der Waals surface area contributed by atoms with E-state index in [2.05, 4.69) is 74.9 Å². The van der Waals surface area contributed by atoms with Crippen molar-refractivity contribution in [1.29, 1.82) is 0 Å². The molecule has 1 nitrogen and oxygen atoms in total. The average molecular weight is 442 g/mol. The van der Waals surface area contributed by atoms with E-state index < -0.39 is 0 Å². The van der Waals surface area contributed by atoms with E-state index >= 15 is 0 Å². The minimum absolute atomic E-state index is 0.0636. The van der Waals surface area contributed by atoms with Crippen molar-refractivity contribution >= 4 is 38.5 Å². The predicted molar refractivity (Wildman–Crippen MR) is 96.0 cm³/mol. The summed E-state index contributed by atoms with van der Waals surface area (Å²) in [6, 6.07) is 13.0. The third kappa shape index (κ3) is 2.95. The minimum atomic E-state index is -0.0636. The molecule has 0 aromatic heterocycles. The van der Waals surface area contributed by atoms with Crippen LogP contribution in [0.4, 0.5) is 0 Å². The monoisotopic (exact) mass is 441 g/mol. The van der Waals surface area contributed by atoms with Gasteiger partial charge < -0.3 is 5.73 Å². The lowest BCUT2D eigenvalue weighted by molar-refractivity contribution is 0.682. The lowest BCUT2D eigenvalue weighted by Gasteiger charge is -2.20. The summed E-state index contributed by atoms with van der Waals surface area (Å²) in [6.07, 6.45) is 5.04. The summed E-state index contributed by atoms with van der Waals surface area (Å²) >= 11 is 5.95. The van der Waals surface area contributed by atoms with Gasteiger partial charge in [0, 0.05) is 8.04 Å². The zero-order valence-electron chi connectivity index (χ0n) is 11.2. The van der Waals surface area contributed by atoms with Gasteiger partial charge in [0.1, 0.15) is 0 Å². The van der Waals surface area contributed by atoms with Gasteiger partial charge in [-0.25, -0.2) is 0 Å². The Kier molecular flexibility index (Phi) is 4.48. The second-order valence-corrected chi connectivity index (χ2v) is 7.48. The summed E-state index contributed by atoms with van der Waals surface area (Å²) in [5.74, 6) is 0. The van der Waals surface area contributed by atoms with Gasteiger partial charge in [-0.2, -0.15) is 0 Å². The van der Waals surface area contributed by atoms with Gasteiger partial charge in [0.15, 0.2) is 0 Å². The highest BCUT2D eigenvalue weighted by atomic mass is 127. The second-order valence-electron chi connectivity index (χ2n) is 5.38. The molecule has 0 saturated carbocycles. The summed E-state index contributed by atoms with van der Waals surface area (Å²) in [6.45, 7) is 0. The minimum Gasteiger partial charge on any atom is -0.320 e. The van der Waals surface area contributed by atoms with E-state index in [1.54, 1.807) is 0 Å². The van der Waals surface area contributed by atoms with Crippen molar-refractivity contribution in [2.75, 3.05) is 0 Å². The Bertz CT molecular complexity index is 639. The summed E-state index contributed by atoms with van der Waals surface area (Å²) in [7, 11) is 0. The van der Waals surface area contributed by atoms with Crippen molar-refractivity contribution in [3.8, 4) is 0 Å². The molecule has 1 aliphatic rings. The van der Waals surface area contributed by atoms with Gasteiger partial charge in [0.05, 0.1) is 6.04 Å². The Morgan fingerprint density at radius 1 is 1.00 bits per heavy atom. The fraction of sp³-hybridized carbons (Fsp3) is 0.294. The van der Waals surface area contributed by atoms with Crippen LogP contribution in [0.25, 0.3) is 0 Å². The van der Waals surface area contributed by atoms with Crippen LogP contribution in [0, 0.1) is 3.57 Å². The van der Waals surface area contributed by atoms with Crippen molar-refractivity contribution in [1.82, 2.24) is 0 Å². The molecule has 2 aromatic rings. The first-order valence-electron chi connectivity index (χ1n) is 6.97. The molecule has 1 aliphatic carbocycles. The number of halogens is 2. The SMILES string of the molecule is NC(c1ccc2c(c1)CCCC2)c1cc(I)ccc1Br. The molecular weight excluding hydrogens is 425 g/mol. The van der Waals surface area contributed by atoms with Crippen molar-refractivity contribution in [2.24, 2.45) is 5.73 Å². The molecule has 104 valence electrons. The number of hydrogen-bond donors (Lipinski definition) is 1. The molecule has 0 bridgehead atoms. The number of hydrogen-bond acceptors (Lipinski definition) is 1. The van der Waals surface area contributed by atoms with Crippen LogP contribution in [-0.2, 0) is 12.8 Å². The van der Waals surface area contributed by atoms with Crippen LogP contribution in [0.5, 0.6) is 0 Å². The number of nitrogens with two attached hydrogens (primary N) is 1. The molecular formula is C17H17BrIN. The molecule has 0 heterocycles. The fourth-order valence-corrected chi connectivity index (χ4v) is 3.89. The van der Waals surface area contributed by atoms with Gasteiger partial charge in [-0.1, -0.05) is 34.1 Å². The van der Waals surface area contributed by atoms with E-state index in [4.69, 9.17) is 5.73 Å². The van der Waals surface area contributed by atoms with Crippen molar-refractivity contribution in [3.05, 3.63) is 66.7 Å². The highest BCUT2D eigenvalue weighted by Crippen LogP contribution is 2.31. The van der Waals surface area contributed by atoms with Gasteiger partial charge in [-0.05, 0) is 88.7 Å². The van der Waals surface area contributed by atoms with E-state index in [0.29, 0.717) is 0 Å². The summed E-state index contributed by atoms with van der Waals surface area (Å²) in [5, 5.41) is 0. The molecule has 1 atom stereocenters. The molecule has 1 unspecified atom stereocenters. The van der Waals surface area contributed by atoms with Crippen LogP contribution in [0.3, 0.4) is 0 Å². The topological polar surface area (TPSA) is 26.0 Å². The molecule has 0 aliphatic heterocycles. The van der Waals surface area contributed by atoms with Crippen LogP contribution in [0.1, 0.15) is 41.1 Å². The van der Waals surface area contributed by atoms with E-state index in [-0.39, 0.29) is 6.04 Å². The van der Waals surface area contributed by atoms with E-state index in [9.17, 15) is 0 Å². The Morgan fingerprint density at radius 2 is 1.75 bits per heavy atom. The maximum atomic E-state index is 6.49.